The molecule has 6 atom stereocenters. The predicted molar refractivity (Wildman–Crippen MR) is 277 cm³/mol. The van der Waals surface area contributed by atoms with Crippen LogP contribution in [0, 0.1) is 33.8 Å². The van der Waals surface area contributed by atoms with Crippen LogP contribution in [0.4, 0.5) is 41.6 Å². The van der Waals surface area contributed by atoms with E-state index in [-0.39, 0.29) is 87.3 Å². The molecule has 80 heavy (non-hydrogen) atoms. The SMILES string of the molecule is CC(C)(C)OC(=O)c1ccn(C(=O)N2C[C@H]3CC(OCc4cccc(Cl)c4C(F)(F)F)C[C@H]3C2)n1.CC(C)(C)OC(=O)c1ccn(C(=O)Oc2ccc([N+](=O)[O-])cc2)n1.FC(F)(F)c1c(Cl)cccc1COC1C[C@H]2CNC[C@H]2C1. The summed E-state index contributed by atoms with van der Waals surface area (Å²) in [7, 11) is 0. The first-order chi connectivity index (χ1) is 37.4. The number of carbonyl (C=O) groups is 4. The second-order valence-corrected chi connectivity index (χ2v) is 22.5. The zero-order chi connectivity index (χ0) is 58.5. The molecule has 2 aliphatic carbocycles. The van der Waals surface area contributed by atoms with Gasteiger partial charge in [0.15, 0.2) is 11.4 Å². The van der Waals surface area contributed by atoms with Crippen LogP contribution in [0.3, 0.4) is 0 Å². The van der Waals surface area contributed by atoms with E-state index >= 15 is 0 Å². The molecule has 0 radical (unpaired) electrons. The first kappa shape index (κ1) is 61.0. The highest BCUT2D eigenvalue weighted by molar-refractivity contribution is 6.31. The van der Waals surface area contributed by atoms with Crippen LogP contribution >= 0.6 is 23.2 Å². The fourth-order valence-electron chi connectivity index (χ4n) is 9.87. The highest BCUT2D eigenvalue weighted by Crippen LogP contribution is 2.43. The smallest absolute Gasteiger partial charge is 0.440 e. The monoisotopic (exact) mass is 1170 g/mol. The second-order valence-electron chi connectivity index (χ2n) is 21.7. The molecule has 9 rings (SSSR count). The zero-order valence-corrected chi connectivity index (χ0v) is 45.8. The quantitative estimate of drug-likeness (QED) is 0.0597. The van der Waals surface area contributed by atoms with Crippen LogP contribution in [-0.4, -0.2) is 103 Å². The fourth-order valence-corrected chi connectivity index (χ4v) is 10.5. The normalized spacial score (nSPS) is 20.6. The van der Waals surface area contributed by atoms with E-state index in [1.165, 1.54) is 85.2 Å². The van der Waals surface area contributed by atoms with Crippen molar-refractivity contribution < 1.29 is 74.1 Å². The van der Waals surface area contributed by atoms with Gasteiger partial charge in [0.25, 0.3) is 5.69 Å². The van der Waals surface area contributed by atoms with Crippen LogP contribution in [-0.2, 0) is 44.5 Å². The first-order valence-electron chi connectivity index (χ1n) is 25.4. The number of alkyl halides is 6. The van der Waals surface area contributed by atoms with Gasteiger partial charge in [-0.25, -0.2) is 19.2 Å². The number of carbonyl (C=O) groups excluding carboxylic acids is 4. The average Bonchev–Trinajstić information content (AvgIpc) is 4.31. The molecular weight excluding hydrogens is 1110 g/mol. The average molecular weight is 1170 g/mol. The Bertz CT molecular complexity index is 3010. The van der Waals surface area contributed by atoms with E-state index in [9.17, 15) is 55.6 Å². The maximum absolute atomic E-state index is 13.4. The zero-order valence-electron chi connectivity index (χ0n) is 44.3. The Balaban J connectivity index is 0.000000181. The van der Waals surface area contributed by atoms with E-state index in [4.69, 9.17) is 46.9 Å². The van der Waals surface area contributed by atoms with Gasteiger partial charge in [0.1, 0.15) is 17.0 Å². The van der Waals surface area contributed by atoms with E-state index in [1.54, 1.807) is 46.4 Å². The van der Waals surface area contributed by atoms with Crippen molar-refractivity contribution in [2.45, 2.75) is 116 Å². The van der Waals surface area contributed by atoms with E-state index in [0.29, 0.717) is 37.8 Å². The Morgan fingerprint density at radius 3 is 1.49 bits per heavy atom. The number of non-ortho nitro benzene ring substituents is 1. The summed E-state index contributed by atoms with van der Waals surface area (Å²) in [5.41, 5.74) is -2.96. The van der Waals surface area contributed by atoms with Gasteiger partial charge in [-0.15, -0.1) is 0 Å². The largest absolute Gasteiger partial charge is 0.455 e. The number of likely N-dealkylation sites (tertiary alicyclic amines) is 1. The number of fused-ring (bicyclic) bond motifs is 2. The Morgan fingerprint density at radius 2 is 1.06 bits per heavy atom. The lowest BCUT2D eigenvalue weighted by atomic mass is 10.0. The lowest BCUT2D eigenvalue weighted by Gasteiger charge is -2.20. The third kappa shape index (κ3) is 16.3. The van der Waals surface area contributed by atoms with E-state index in [2.05, 4.69) is 15.5 Å². The topological polar surface area (TPSA) is 208 Å². The molecule has 18 nitrogen and oxygen atoms in total. The van der Waals surface area contributed by atoms with Crippen LogP contribution in [0.15, 0.2) is 85.2 Å². The minimum Gasteiger partial charge on any atom is -0.455 e. The molecule has 4 heterocycles. The number of aromatic nitrogens is 4. The molecule has 4 aliphatic rings. The van der Waals surface area contributed by atoms with Crippen molar-refractivity contribution in [3.63, 3.8) is 0 Å². The number of halogens is 8. The number of hydrogen-bond acceptors (Lipinski definition) is 14. The van der Waals surface area contributed by atoms with Crippen molar-refractivity contribution in [2.24, 2.45) is 23.7 Å². The molecule has 1 amide bonds. The van der Waals surface area contributed by atoms with Gasteiger partial charge in [0, 0.05) is 37.6 Å². The first-order valence-corrected chi connectivity index (χ1v) is 26.1. The predicted octanol–water partition coefficient (Wildman–Crippen LogP) is 12.1. The summed E-state index contributed by atoms with van der Waals surface area (Å²) in [6.07, 6.45) is -4.15. The molecule has 2 saturated carbocycles. The third-order valence-electron chi connectivity index (χ3n) is 13.3. The van der Waals surface area contributed by atoms with Crippen LogP contribution < -0.4 is 10.1 Å². The van der Waals surface area contributed by atoms with Crippen molar-refractivity contribution in [1.82, 2.24) is 29.8 Å². The standard InChI is InChI=1S/C24H27ClF3N3O4.C15H17ClF3NO.C15H15N3O6/c1-23(2,3)35-21(32)19-7-8-31(29-19)22(33)30-11-15-9-17(10-16(15)12-30)34-13-14-5-4-6-18(25)20(14)24(26,27)28;16-13-3-1-2-9(14(13)15(17,18)19)8-21-12-4-10-6-20-7-11(10)5-12;1-15(2,3)24-13(19)12-8-9-17(16-12)14(20)23-11-6-4-10(5-7-11)18(21)22/h4-8,15-17H,9-13H2,1-3H3;1-3,10-12,20H,4-8H2;4-9H,1-3H3/t15-,16+,17?;10-,11+,12?;. The van der Waals surface area contributed by atoms with Gasteiger partial charge in [-0.3, -0.25) is 10.1 Å². The molecule has 4 fully saturated rings. The molecule has 2 aromatic heterocycles. The molecule has 432 valence electrons. The van der Waals surface area contributed by atoms with Gasteiger partial charge in [0.2, 0.25) is 0 Å². The lowest BCUT2D eigenvalue weighted by molar-refractivity contribution is -0.384. The number of ether oxygens (including phenoxy) is 5. The highest BCUT2D eigenvalue weighted by atomic mass is 35.5. The number of nitrogens with one attached hydrogen (secondary N) is 1. The molecule has 2 saturated heterocycles. The van der Waals surface area contributed by atoms with Gasteiger partial charge in [0.05, 0.1) is 51.5 Å². The maximum Gasteiger partial charge on any atom is 0.440 e. The maximum atomic E-state index is 13.4. The van der Waals surface area contributed by atoms with Gasteiger partial charge in [-0.05, 0) is 152 Å². The number of nitrogens with zero attached hydrogens (tertiary/aromatic N) is 6. The number of nitro groups is 1. The molecule has 0 spiro atoms. The minimum atomic E-state index is -4.56. The van der Waals surface area contributed by atoms with Crippen molar-refractivity contribution in [2.75, 3.05) is 26.2 Å². The summed E-state index contributed by atoms with van der Waals surface area (Å²) in [5.74, 6) is 0.436. The van der Waals surface area contributed by atoms with Crippen LogP contribution in [0.25, 0.3) is 0 Å². The number of benzene rings is 3. The van der Waals surface area contributed by atoms with E-state index in [0.717, 1.165) is 35.3 Å². The van der Waals surface area contributed by atoms with Crippen molar-refractivity contribution >= 4 is 53.0 Å². The number of amides is 1. The minimum absolute atomic E-state index is 0.0123. The van der Waals surface area contributed by atoms with Crippen LogP contribution in [0.1, 0.15) is 110 Å². The van der Waals surface area contributed by atoms with Crippen molar-refractivity contribution in [3.8, 4) is 5.75 Å². The Labute approximate surface area is 466 Å². The van der Waals surface area contributed by atoms with Crippen molar-refractivity contribution in [1.29, 1.82) is 0 Å². The lowest BCUT2D eigenvalue weighted by Crippen LogP contribution is -2.34. The molecule has 5 aromatic rings. The van der Waals surface area contributed by atoms with E-state index < -0.39 is 57.6 Å². The van der Waals surface area contributed by atoms with E-state index in [1.807, 2.05) is 0 Å². The van der Waals surface area contributed by atoms with Crippen LogP contribution in [0.2, 0.25) is 10.0 Å². The number of rotatable bonds is 10. The Morgan fingerprint density at radius 1 is 0.637 bits per heavy atom. The molecule has 1 N–H and O–H groups in total. The van der Waals surface area contributed by atoms with Gasteiger partial charge < -0.3 is 33.9 Å². The van der Waals surface area contributed by atoms with Crippen LogP contribution in [0.5, 0.6) is 5.75 Å². The summed E-state index contributed by atoms with van der Waals surface area (Å²) in [6.45, 7) is 13.2. The number of nitro benzene ring substituents is 1. The summed E-state index contributed by atoms with van der Waals surface area (Å²) in [6, 6.07) is 15.7. The summed E-state index contributed by atoms with van der Waals surface area (Å²) in [4.78, 5) is 60.5. The Hall–Kier alpha value is -6.60. The fraction of sp³-hybridized carbons (Fsp3) is 0.481. The van der Waals surface area contributed by atoms with Gasteiger partial charge >= 0.3 is 36.4 Å². The third-order valence-corrected chi connectivity index (χ3v) is 14.0. The molecule has 26 heteroatoms. The summed E-state index contributed by atoms with van der Waals surface area (Å²) in [5, 5.41) is 21.1. The van der Waals surface area contributed by atoms with Crippen molar-refractivity contribution in [3.05, 3.63) is 139 Å². The summed E-state index contributed by atoms with van der Waals surface area (Å²) < 4.78 is 108. The van der Waals surface area contributed by atoms with Gasteiger partial charge in [-0.2, -0.15) is 45.9 Å². The molecular formula is C54H59Cl2F6N7O11. The molecule has 2 unspecified atom stereocenters. The number of esters is 2. The Kier molecular flexibility index (Phi) is 19.1. The molecule has 2 aliphatic heterocycles. The second kappa shape index (κ2) is 25.0. The molecule has 0 bridgehead atoms. The molecule has 3 aromatic carbocycles. The van der Waals surface area contributed by atoms with Gasteiger partial charge in [-0.1, -0.05) is 47.5 Å². The summed E-state index contributed by atoms with van der Waals surface area (Å²) >= 11 is 11.5. The highest BCUT2D eigenvalue weighted by Gasteiger charge is 2.44. The number of hydrogen-bond donors (Lipinski definition) is 1.